The Morgan fingerprint density at radius 1 is 1.03 bits per heavy atom. The Bertz CT molecular complexity index is 1480. The minimum atomic E-state index is -4.46. The summed E-state index contributed by atoms with van der Waals surface area (Å²) in [5.74, 6) is 0.0738. The fourth-order valence-electron chi connectivity index (χ4n) is 2.94. The van der Waals surface area contributed by atoms with E-state index in [0.29, 0.717) is 16.3 Å². The first-order valence-electron chi connectivity index (χ1n) is 9.14. The number of thiophene rings is 1. The van der Waals surface area contributed by atoms with Gasteiger partial charge in [-0.15, -0.1) is 11.3 Å². The lowest BCUT2D eigenvalue weighted by Crippen LogP contribution is -2.07. The molecule has 4 rings (SSSR count). The second-order valence-corrected chi connectivity index (χ2v) is 9.19. The SMILES string of the molecule is N#Cc1c(-c2ccc(Nc3nc(Cl)nc(Nc4ccccc4S(=O)(=O)O)n3)cc2)csc1N. The molecule has 0 fully saturated rings. The summed E-state index contributed by atoms with van der Waals surface area (Å²) in [6, 6.07) is 15.0. The Balaban J connectivity index is 1.58. The summed E-state index contributed by atoms with van der Waals surface area (Å²) in [4.78, 5) is 11.8. The van der Waals surface area contributed by atoms with Crippen LogP contribution in [0.3, 0.4) is 0 Å². The maximum absolute atomic E-state index is 11.6. The number of nitrogens with zero attached hydrogens (tertiary/aromatic N) is 4. The van der Waals surface area contributed by atoms with Gasteiger partial charge in [-0.05, 0) is 41.4 Å². The molecule has 0 saturated carbocycles. The van der Waals surface area contributed by atoms with E-state index in [1.54, 1.807) is 18.2 Å². The molecule has 10 nitrogen and oxygen atoms in total. The number of halogens is 1. The molecule has 2 aromatic heterocycles. The van der Waals surface area contributed by atoms with Gasteiger partial charge in [0.1, 0.15) is 16.0 Å². The number of nitriles is 1. The molecule has 0 amide bonds. The van der Waals surface area contributed by atoms with E-state index in [9.17, 15) is 18.2 Å². The summed E-state index contributed by atoms with van der Waals surface area (Å²) in [6.07, 6.45) is 0. The van der Waals surface area contributed by atoms with Crippen LogP contribution in [0.2, 0.25) is 5.28 Å². The first-order chi connectivity index (χ1) is 15.7. The molecule has 0 aliphatic carbocycles. The molecule has 0 saturated heterocycles. The van der Waals surface area contributed by atoms with Gasteiger partial charge in [-0.2, -0.15) is 28.6 Å². The lowest BCUT2D eigenvalue weighted by molar-refractivity contribution is 0.483. The molecule has 13 heteroatoms. The van der Waals surface area contributed by atoms with Crippen molar-refractivity contribution in [2.24, 2.45) is 0 Å². The van der Waals surface area contributed by atoms with Crippen LogP contribution in [-0.4, -0.2) is 27.9 Å². The minimum absolute atomic E-state index is 0.0300. The van der Waals surface area contributed by atoms with Crippen LogP contribution in [0.4, 0.5) is 28.3 Å². The highest BCUT2D eigenvalue weighted by atomic mass is 35.5. The minimum Gasteiger partial charge on any atom is -0.389 e. The average Bonchev–Trinajstić information content (AvgIpc) is 3.14. The summed E-state index contributed by atoms with van der Waals surface area (Å²) in [5, 5.41) is 17.2. The van der Waals surface area contributed by atoms with Gasteiger partial charge in [-0.3, -0.25) is 4.55 Å². The fourth-order valence-corrected chi connectivity index (χ4v) is 4.52. The van der Waals surface area contributed by atoms with Crippen molar-refractivity contribution in [3.05, 3.63) is 64.8 Å². The first kappa shape index (κ1) is 22.4. The number of benzene rings is 2. The van der Waals surface area contributed by atoms with Crippen molar-refractivity contribution in [3.8, 4) is 17.2 Å². The van der Waals surface area contributed by atoms with Gasteiger partial charge in [0.05, 0.1) is 11.3 Å². The van der Waals surface area contributed by atoms with E-state index in [0.717, 1.165) is 11.1 Å². The Hall–Kier alpha value is -3.76. The van der Waals surface area contributed by atoms with Gasteiger partial charge in [0.25, 0.3) is 10.1 Å². The van der Waals surface area contributed by atoms with Crippen LogP contribution >= 0.6 is 22.9 Å². The number of hydrogen-bond donors (Lipinski definition) is 4. The van der Waals surface area contributed by atoms with Gasteiger partial charge in [-0.25, -0.2) is 0 Å². The van der Waals surface area contributed by atoms with Crippen LogP contribution in [-0.2, 0) is 10.1 Å². The van der Waals surface area contributed by atoms with E-state index in [-0.39, 0.29) is 27.8 Å². The van der Waals surface area contributed by atoms with Crippen LogP contribution in [0.1, 0.15) is 5.56 Å². The zero-order valence-corrected chi connectivity index (χ0v) is 18.9. The van der Waals surface area contributed by atoms with Gasteiger partial charge in [0.15, 0.2) is 0 Å². The number of aromatic nitrogens is 3. The van der Waals surface area contributed by atoms with Crippen molar-refractivity contribution in [2.45, 2.75) is 4.90 Å². The molecule has 5 N–H and O–H groups in total. The highest BCUT2D eigenvalue weighted by Gasteiger charge is 2.16. The molecule has 0 spiro atoms. The summed E-state index contributed by atoms with van der Waals surface area (Å²) in [6.45, 7) is 0. The number of hydrogen-bond acceptors (Lipinski definition) is 10. The van der Waals surface area contributed by atoms with E-state index >= 15 is 0 Å². The highest BCUT2D eigenvalue weighted by molar-refractivity contribution is 7.86. The van der Waals surface area contributed by atoms with Crippen molar-refractivity contribution in [1.29, 1.82) is 5.26 Å². The summed E-state index contributed by atoms with van der Waals surface area (Å²) in [7, 11) is -4.46. The molecule has 2 heterocycles. The number of rotatable bonds is 6. The van der Waals surface area contributed by atoms with E-state index in [1.807, 2.05) is 17.5 Å². The highest BCUT2D eigenvalue weighted by Crippen LogP contribution is 2.33. The maximum Gasteiger partial charge on any atom is 0.296 e. The molecule has 0 aliphatic rings. The topological polar surface area (TPSA) is 167 Å². The zero-order chi connectivity index (χ0) is 23.6. The number of nitrogens with one attached hydrogen (secondary N) is 2. The number of anilines is 5. The van der Waals surface area contributed by atoms with Gasteiger partial charge < -0.3 is 16.4 Å². The Morgan fingerprint density at radius 3 is 2.36 bits per heavy atom. The second-order valence-electron chi connectivity index (χ2n) is 6.55. The van der Waals surface area contributed by atoms with E-state index in [2.05, 4.69) is 31.7 Å². The lowest BCUT2D eigenvalue weighted by Gasteiger charge is -2.11. The van der Waals surface area contributed by atoms with Gasteiger partial charge >= 0.3 is 0 Å². The van der Waals surface area contributed by atoms with E-state index < -0.39 is 10.1 Å². The van der Waals surface area contributed by atoms with Crippen LogP contribution in [0.25, 0.3) is 11.1 Å². The van der Waals surface area contributed by atoms with Crippen molar-refractivity contribution in [2.75, 3.05) is 16.4 Å². The van der Waals surface area contributed by atoms with Crippen molar-refractivity contribution < 1.29 is 13.0 Å². The standard InChI is InChI=1S/C20H14ClN7O3S2/c21-18-26-19(28-20(27-18)25-15-3-1-2-4-16(15)33(29,30)31)24-12-7-5-11(6-8-12)14-10-32-17(23)13(14)9-22/h1-8,10H,23H2,(H,29,30,31)(H2,24,25,26,27,28). The molecule has 0 radical (unpaired) electrons. The van der Waals surface area contributed by atoms with E-state index in [1.165, 1.54) is 29.5 Å². The summed E-state index contributed by atoms with van der Waals surface area (Å²) < 4.78 is 32.6. The molecule has 2 aromatic carbocycles. The molecule has 0 aliphatic heterocycles. The average molecular weight is 500 g/mol. The maximum atomic E-state index is 11.6. The largest absolute Gasteiger partial charge is 0.389 e. The van der Waals surface area contributed by atoms with E-state index in [4.69, 9.17) is 17.3 Å². The van der Waals surface area contributed by atoms with Gasteiger partial charge in [0, 0.05) is 16.6 Å². The molecular weight excluding hydrogens is 486 g/mol. The molecule has 33 heavy (non-hydrogen) atoms. The van der Waals surface area contributed by atoms with Crippen molar-refractivity contribution >= 4 is 61.3 Å². The molecule has 4 aromatic rings. The third kappa shape index (κ3) is 5.02. The van der Waals surface area contributed by atoms with Gasteiger partial charge in [0.2, 0.25) is 17.2 Å². The summed E-state index contributed by atoms with van der Waals surface area (Å²) >= 11 is 7.30. The Morgan fingerprint density at radius 2 is 1.70 bits per heavy atom. The third-order valence-corrected chi connectivity index (χ3v) is 6.30. The number of nitrogen functional groups attached to an aromatic ring is 1. The number of para-hydroxylation sites is 1. The van der Waals surface area contributed by atoms with Crippen LogP contribution < -0.4 is 16.4 Å². The monoisotopic (exact) mass is 499 g/mol. The zero-order valence-electron chi connectivity index (χ0n) is 16.5. The normalized spacial score (nSPS) is 11.1. The van der Waals surface area contributed by atoms with Crippen molar-refractivity contribution in [1.82, 2.24) is 15.0 Å². The molecular formula is C20H14ClN7O3S2. The Labute approximate surface area is 197 Å². The first-order valence-corrected chi connectivity index (χ1v) is 11.8. The number of nitrogens with two attached hydrogens (primary N) is 1. The summed E-state index contributed by atoms with van der Waals surface area (Å²) in [5.41, 5.74) is 8.54. The predicted octanol–water partition coefficient (Wildman–Crippen LogP) is 4.44. The van der Waals surface area contributed by atoms with Crippen LogP contribution in [0.5, 0.6) is 0 Å². The second kappa shape index (κ2) is 9.00. The fraction of sp³-hybridized carbons (Fsp3) is 0. The van der Waals surface area contributed by atoms with Crippen LogP contribution in [0, 0.1) is 11.3 Å². The Kier molecular flexibility index (Phi) is 6.12. The molecule has 0 unspecified atom stereocenters. The van der Waals surface area contributed by atoms with Gasteiger partial charge in [-0.1, -0.05) is 24.3 Å². The van der Waals surface area contributed by atoms with Crippen LogP contribution in [0.15, 0.2) is 58.8 Å². The predicted molar refractivity (Wildman–Crippen MR) is 127 cm³/mol. The molecule has 0 bridgehead atoms. The van der Waals surface area contributed by atoms with Crippen molar-refractivity contribution in [3.63, 3.8) is 0 Å². The third-order valence-electron chi connectivity index (χ3n) is 4.40. The molecule has 0 atom stereocenters. The lowest BCUT2D eigenvalue weighted by atomic mass is 10.0. The molecule has 166 valence electrons. The smallest absolute Gasteiger partial charge is 0.296 e. The quantitative estimate of drug-likeness (QED) is 0.278.